The van der Waals surface area contributed by atoms with E-state index in [9.17, 15) is 8.42 Å². The zero-order valence-electron chi connectivity index (χ0n) is 10.9. The van der Waals surface area contributed by atoms with Gasteiger partial charge in [0.05, 0.1) is 6.26 Å². The number of rotatable bonds is 4. The second kappa shape index (κ2) is 6.45. The minimum absolute atomic E-state index is 0. The normalized spacial score (nSPS) is 14.7. The van der Waals surface area contributed by atoms with Crippen LogP contribution in [-0.2, 0) is 16.4 Å². The van der Waals surface area contributed by atoms with Gasteiger partial charge >= 0.3 is 0 Å². The first-order chi connectivity index (χ1) is 8.47. The molecule has 1 aliphatic heterocycles. The minimum Gasteiger partial charge on any atom is -0.398 e. The first-order valence-electron chi connectivity index (χ1n) is 6.04. The molecule has 0 radical (unpaired) electrons. The van der Waals surface area contributed by atoms with Crippen molar-refractivity contribution in [3.05, 3.63) is 23.8 Å². The van der Waals surface area contributed by atoms with Gasteiger partial charge in [0, 0.05) is 31.0 Å². The molecule has 0 amide bonds. The standard InChI is InChI=1S/C12H19N3O2S.ClH/c1-18(16,17)14-7-9-15-8-3-4-10-11(13)5-2-6-12(10)15;/h2,5-6,14H,3-4,7-9,13H2,1H3;1H. The monoisotopic (exact) mass is 305 g/mol. The highest BCUT2D eigenvalue weighted by Crippen LogP contribution is 2.30. The predicted molar refractivity (Wildman–Crippen MR) is 81.5 cm³/mol. The lowest BCUT2D eigenvalue weighted by Crippen LogP contribution is -2.37. The Kier molecular flexibility index (Phi) is 5.46. The molecule has 0 unspecified atom stereocenters. The van der Waals surface area contributed by atoms with Crippen molar-refractivity contribution < 1.29 is 8.42 Å². The third kappa shape index (κ3) is 4.26. The number of nitrogen functional groups attached to an aromatic ring is 1. The van der Waals surface area contributed by atoms with Crippen LogP contribution >= 0.6 is 12.4 Å². The maximum Gasteiger partial charge on any atom is 0.208 e. The Labute approximate surface area is 120 Å². The Bertz CT molecular complexity index is 534. The van der Waals surface area contributed by atoms with Crippen LogP contribution in [0.1, 0.15) is 12.0 Å². The van der Waals surface area contributed by atoms with E-state index in [-0.39, 0.29) is 12.4 Å². The van der Waals surface area contributed by atoms with Gasteiger partial charge in [-0.1, -0.05) is 6.07 Å². The van der Waals surface area contributed by atoms with Gasteiger partial charge in [0.15, 0.2) is 0 Å². The van der Waals surface area contributed by atoms with Crippen molar-refractivity contribution in [2.24, 2.45) is 0 Å². The molecule has 0 saturated heterocycles. The second-order valence-corrected chi connectivity index (χ2v) is 6.44. The third-order valence-electron chi connectivity index (χ3n) is 3.13. The van der Waals surface area contributed by atoms with E-state index in [4.69, 9.17) is 5.73 Å². The summed E-state index contributed by atoms with van der Waals surface area (Å²) in [7, 11) is -3.11. The molecular formula is C12H20ClN3O2S. The van der Waals surface area contributed by atoms with Crippen LogP contribution in [0.2, 0.25) is 0 Å². The summed E-state index contributed by atoms with van der Waals surface area (Å²) >= 11 is 0. The van der Waals surface area contributed by atoms with Crippen LogP contribution in [0.25, 0.3) is 0 Å². The van der Waals surface area contributed by atoms with E-state index in [1.165, 1.54) is 11.8 Å². The average Bonchev–Trinajstić information content (AvgIpc) is 2.29. The van der Waals surface area contributed by atoms with Gasteiger partial charge in [-0.15, -0.1) is 12.4 Å². The number of sulfonamides is 1. The lowest BCUT2D eigenvalue weighted by atomic mass is 10.00. The quantitative estimate of drug-likeness (QED) is 0.814. The predicted octanol–water partition coefficient (Wildman–Crippen LogP) is 0.992. The molecule has 0 spiro atoms. The number of anilines is 2. The zero-order chi connectivity index (χ0) is 13.2. The van der Waals surface area contributed by atoms with Gasteiger partial charge in [0.2, 0.25) is 10.0 Å². The van der Waals surface area contributed by atoms with E-state index in [1.54, 1.807) is 0 Å². The SMILES string of the molecule is CS(=O)(=O)NCCN1CCCc2c(N)cccc21.Cl. The summed E-state index contributed by atoms with van der Waals surface area (Å²) in [6.45, 7) is 2.04. The van der Waals surface area contributed by atoms with Gasteiger partial charge in [-0.05, 0) is 30.5 Å². The molecule has 0 bridgehead atoms. The fraction of sp³-hybridized carbons (Fsp3) is 0.500. The van der Waals surface area contributed by atoms with Crippen molar-refractivity contribution >= 4 is 33.8 Å². The molecule has 1 aliphatic rings. The average molecular weight is 306 g/mol. The molecule has 1 aromatic carbocycles. The molecule has 1 heterocycles. The molecular weight excluding hydrogens is 286 g/mol. The van der Waals surface area contributed by atoms with Crippen LogP contribution in [0.3, 0.4) is 0 Å². The van der Waals surface area contributed by atoms with Crippen LogP contribution in [-0.4, -0.2) is 34.3 Å². The van der Waals surface area contributed by atoms with Gasteiger partial charge in [0.25, 0.3) is 0 Å². The van der Waals surface area contributed by atoms with E-state index < -0.39 is 10.0 Å². The first-order valence-corrected chi connectivity index (χ1v) is 7.93. The van der Waals surface area contributed by atoms with Crippen molar-refractivity contribution in [1.82, 2.24) is 4.72 Å². The van der Waals surface area contributed by atoms with Crippen molar-refractivity contribution in [2.75, 3.05) is 36.5 Å². The Balaban J connectivity index is 0.00000180. The fourth-order valence-corrected chi connectivity index (χ4v) is 2.79. The number of nitrogens with one attached hydrogen (secondary N) is 1. The van der Waals surface area contributed by atoms with E-state index in [0.29, 0.717) is 13.1 Å². The Hall–Kier alpha value is -0.980. The highest BCUT2D eigenvalue weighted by atomic mass is 35.5. The van der Waals surface area contributed by atoms with Gasteiger partial charge in [-0.2, -0.15) is 0 Å². The van der Waals surface area contributed by atoms with E-state index in [1.807, 2.05) is 18.2 Å². The number of halogens is 1. The topological polar surface area (TPSA) is 75.4 Å². The van der Waals surface area contributed by atoms with Crippen LogP contribution in [0.15, 0.2) is 18.2 Å². The van der Waals surface area contributed by atoms with Crippen LogP contribution in [0.4, 0.5) is 11.4 Å². The fourth-order valence-electron chi connectivity index (χ4n) is 2.33. The van der Waals surface area contributed by atoms with Crippen LogP contribution < -0.4 is 15.4 Å². The highest BCUT2D eigenvalue weighted by Gasteiger charge is 2.18. The molecule has 5 nitrogen and oxygen atoms in total. The molecule has 2 rings (SSSR count). The highest BCUT2D eigenvalue weighted by molar-refractivity contribution is 7.88. The summed E-state index contributed by atoms with van der Waals surface area (Å²) in [5, 5.41) is 0. The molecule has 7 heteroatoms. The maximum atomic E-state index is 11.0. The van der Waals surface area contributed by atoms with E-state index in [2.05, 4.69) is 9.62 Å². The van der Waals surface area contributed by atoms with Gasteiger partial charge < -0.3 is 10.6 Å². The molecule has 0 fully saturated rings. The maximum absolute atomic E-state index is 11.0. The molecule has 1 aromatic rings. The first kappa shape index (κ1) is 16.1. The van der Waals surface area contributed by atoms with E-state index in [0.717, 1.165) is 30.8 Å². The third-order valence-corrected chi connectivity index (χ3v) is 3.86. The number of nitrogens with two attached hydrogens (primary N) is 1. The number of hydrogen-bond acceptors (Lipinski definition) is 4. The Morgan fingerprint density at radius 2 is 2.16 bits per heavy atom. The summed E-state index contributed by atoms with van der Waals surface area (Å²) in [5.74, 6) is 0. The minimum atomic E-state index is -3.11. The summed E-state index contributed by atoms with van der Waals surface area (Å²) in [5.41, 5.74) is 9.11. The summed E-state index contributed by atoms with van der Waals surface area (Å²) < 4.78 is 24.6. The Morgan fingerprint density at radius 1 is 1.42 bits per heavy atom. The molecule has 0 saturated carbocycles. The zero-order valence-corrected chi connectivity index (χ0v) is 12.6. The molecule has 0 aromatic heterocycles. The van der Waals surface area contributed by atoms with Crippen molar-refractivity contribution in [1.29, 1.82) is 0 Å². The van der Waals surface area contributed by atoms with E-state index >= 15 is 0 Å². The van der Waals surface area contributed by atoms with Crippen molar-refractivity contribution in [3.63, 3.8) is 0 Å². The number of fused-ring (bicyclic) bond motifs is 1. The van der Waals surface area contributed by atoms with Gasteiger partial charge in [-0.25, -0.2) is 13.1 Å². The summed E-state index contributed by atoms with van der Waals surface area (Å²) in [6, 6.07) is 5.90. The van der Waals surface area contributed by atoms with Crippen LogP contribution in [0, 0.1) is 0 Å². The molecule has 19 heavy (non-hydrogen) atoms. The number of benzene rings is 1. The smallest absolute Gasteiger partial charge is 0.208 e. The van der Waals surface area contributed by atoms with Gasteiger partial charge in [-0.3, -0.25) is 0 Å². The number of hydrogen-bond donors (Lipinski definition) is 2. The van der Waals surface area contributed by atoms with Crippen LogP contribution in [0.5, 0.6) is 0 Å². The second-order valence-electron chi connectivity index (χ2n) is 4.60. The summed E-state index contributed by atoms with van der Waals surface area (Å²) in [6.07, 6.45) is 3.23. The summed E-state index contributed by atoms with van der Waals surface area (Å²) in [4.78, 5) is 2.19. The Morgan fingerprint density at radius 3 is 2.84 bits per heavy atom. The lowest BCUT2D eigenvalue weighted by molar-refractivity contribution is 0.585. The van der Waals surface area contributed by atoms with Gasteiger partial charge in [0.1, 0.15) is 0 Å². The molecule has 0 aliphatic carbocycles. The number of nitrogens with zero attached hydrogens (tertiary/aromatic N) is 1. The molecule has 0 atom stereocenters. The molecule has 108 valence electrons. The lowest BCUT2D eigenvalue weighted by Gasteiger charge is -2.32. The molecule has 3 N–H and O–H groups in total. The largest absolute Gasteiger partial charge is 0.398 e. The van der Waals surface area contributed by atoms with Crippen molar-refractivity contribution in [2.45, 2.75) is 12.8 Å². The van der Waals surface area contributed by atoms with Crippen molar-refractivity contribution in [3.8, 4) is 0 Å².